The first-order valence-corrected chi connectivity index (χ1v) is 6.94. The molecule has 106 valence electrons. The smallest absolute Gasteiger partial charge is 0.256 e. The van der Waals surface area contributed by atoms with Gasteiger partial charge in [-0.2, -0.15) is 0 Å². The number of rotatable bonds is 2. The van der Waals surface area contributed by atoms with Crippen LogP contribution in [0.4, 0.5) is 5.69 Å². The molecule has 2 aromatic carbocycles. The Labute approximate surface area is 128 Å². The number of hydrogen-bond donors (Lipinski definition) is 1. The third kappa shape index (κ3) is 2.52. The first kappa shape index (κ1) is 13.7. The van der Waals surface area contributed by atoms with Gasteiger partial charge in [-0.3, -0.25) is 4.79 Å². The molecule has 2 aromatic rings. The maximum Gasteiger partial charge on any atom is 0.256 e. The van der Waals surface area contributed by atoms with Crippen molar-refractivity contribution >= 4 is 34.8 Å². The molecule has 1 aliphatic rings. The van der Waals surface area contributed by atoms with E-state index in [1.165, 1.54) is 0 Å². The van der Waals surface area contributed by atoms with Crippen molar-refractivity contribution in [2.45, 2.75) is 6.92 Å². The highest BCUT2D eigenvalue weighted by Crippen LogP contribution is 2.35. The Balaban J connectivity index is 2.04. The monoisotopic (exact) mass is 299 g/mol. The van der Waals surface area contributed by atoms with Gasteiger partial charge < -0.3 is 10.1 Å². The van der Waals surface area contributed by atoms with E-state index in [0.29, 0.717) is 10.6 Å². The van der Waals surface area contributed by atoms with E-state index in [-0.39, 0.29) is 5.91 Å². The molecule has 4 heteroatoms. The molecule has 0 fully saturated rings. The number of carbonyl (C=O) groups excluding carboxylic acids is 1. The van der Waals surface area contributed by atoms with Gasteiger partial charge in [-0.05, 0) is 48.4 Å². The summed E-state index contributed by atoms with van der Waals surface area (Å²) in [7, 11) is 1.64. The molecule has 0 aromatic heterocycles. The first-order chi connectivity index (χ1) is 10.1. The summed E-state index contributed by atoms with van der Waals surface area (Å²) in [6.45, 7) is 1.98. The van der Waals surface area contributed by atoms with Gasteiger partial charge in [0.05, 0.1) is 12.8 Å². The molecule has 3 rings (SSSR count). The number of carbonyl (C=O) groups is 1. The number of hydrogen-bond acceptors (Lipinski definition) is 2. The lowest BCUT2D eigenvalue weighted by molar-refractivity contribution is -0.110. The first-order valence-electron chi connectivity index (χ1n) is 6.56. The van der Waals surface area contributed by atoms with Crippen LogP contribution in [0.25, 0.3) is 11.6 Å². The Bertz CT molecular complexity index is 765. The summed E-state index contributed by atoms with van der Waals surface area (Å²) in [5.41, 5.74) is 4.26. The van der Waals surface area contributed by atoms with E-state index in [4.69, 9.17) is 16.3 Å². The van der Waals surface area contributed by atoms with Gasteiger partial charge in [-0.1, -0.05) is 23.7 Å². The number of nitrogens with one attached hydrogen (secondary N) is 1. The van der Waals surface area contributed by atoms with E-state index < -0.39 is 0 Å². The van der Waals surface area contributed by atoms with Gasteiger partial charge in [-0.25, -0.2) is 0 Å². The summed E-state index contributed by atoms with van der Waals surface area (Å²) in [6, 6.07) is 11.2. The predicted molar refractivity (Wildman–Crippen MR) is 85.7 cm³/mol. The van der Waals surface area contributed by atoms with Crippen LogP contribution in [0, 0.1) is 6.92 Å². The van der Waals surface area contributed by atoms with Crippen molar-refractivity contribution in [2.75, 3.05) is 12.4 Å². The Morgan fingerprint density at radius 2 is 2.00 bits per heavy atom. The number of methoxy groups -OCH3 is 1. The maximum absolute atomic E-state index is 12.1. The molecule has 0 aliphatic carbocycles. The molecule has 0 radical (unpaired) electrons. The predicted octanol–water partition coefficient (Wildman–Crippen LogP) is 4.15. The average molecular weight is 300 g/mol. The zero-order valence-electron chi connectivity index (χ0n) is 11.7. The van der Waals surface area contributed by atoms with Crippen LogP contribution >= 0.6 is 11.6 Å². The molecule has 0 bridgehead atoms. The van der Waals surface area contributed by atoms with Crippen LogP contribution in [0.2, 0.25) is 5.02 Å². The molecule has 0 saturated heterocycles. The second-order valence-corrected chi connectivity index (χ2v) is 5.37. The lowest BCUT2D eigenvalue weighted by Gasteiger charge is -2.05. The summed E-state index contributed by atoms with van der Waals surface area (Å²) in [5, 5.41) is 3.44. The summed E-state index contributed by atoms with van der Waals surface area (Å²) in [4.78, 5) is 12.1. The molecule has 0 spiro atoms. The number of anilines is 1. The van der Waals surface area contributed by atoms with Gasteiger partial charge in [0.25, 0.3) is 5.91 Å². The quantitative estimate of drug-likeness (QED) is 0.846. The normalized spacial score (nSPS) is 15.0. The standard InChI is InChI=1S/C17H14ClNO2/c1-10-7-11(3-6-16(10)21-2)8-14-13-5-4-12(18)9-15(13)19-17(14)20/h3-9H,1-2H3,(H,19,20)/b14-8+. The highest BCUT2D eigenvalue weighted by atomic mass is 35.5. The zero-order chi connectivity index (χ0) is 15.0. The summed E-state index contributed by atoms with van der Waals surface area (Å²) in [6.07, 6.45) is 1.88. The van der Waals surface area contributed by atoms with Crippen LogP contribution in [-0.4, -0.2) is 13.0 Å². The molecular weight excluding hydrogens is 286 g/mol. The Morgan fingerprint density at radius 3 is 2.71 bits per heavy atom. The van der Waals surface area contributed by atoms with Crippen LogP contribution in [0.3, 0.4) is 0 Å². The summed E-state index contributed by atoms with van der Waals surface area (Å²) < 4.78 is 5.25. The number of ether oxygens (including phenoxy) is 1. The van der Waals surface area contributed by atoms with E-state index in [9.17, 15) is 4.79 Å². The highest BCUT2D eigenvalue weighted by molar-refractivity contribution is 6.36. The summed E-state index contributed by atoms with van der Waals surface area (Å²) >= 11 is 5.95. The molecule has 0 unspecified atom stereocenters. The third-order valence-electron chi connectivity index (χ3n) is 3.49. The molecule has 3 nitrogen and oxygen atoms in total. The minimum absolute atomic E-state index is 0.110. The van der Waals surface area contributed by atoms with Crippen molar-refractivity contribution in [3.63, 3.8) is 0 Å². The second kappa shape index (κ2) is 5.26. The highest BCUT2D eigenvalue weighted by Gasteiger charge is 2.24. The Morgan fingerprint density at radius 1 is 1.19 bits per heavy atom. The topological polar surface area (TPSA) is 38.3 Å². The number of aryl methyl sites for hydroxylation is 1. The van der Waals surface area contributed by atoms with Crippen LogP contribution in [0.1, 0.15) is 16.7 Å². The maximum atomic E-state index is 12.1. The number of benzene rings is 2. The molecule has 1 amide bonds. The largest absolute Gasteiger partial charge is 0.496 e. The summed E-state index contributed by atoms with van der Waals surface area (Å²) in [5.74, 6) is 0.723. The number of halogens is 1. The van der Waals surface area contributed by atoms with Gasteiger partial charge in [0.15, 0.2) is 0 Å². The number of fused-ring (bicyclic) bond motifs is 1. The van der Waals surface area contributed by atoms with E-state index in [0.717, 1.165) is 28.1 Å². The minimum Gasteiger partial charge on any atom is -0.496 e. The fraction of sp³-hybridized carbons (Fsp3) is 0.118. The van der Waals surface area contributed by atoms with Gasteiger partial charge in [0.2, 0.25) is 0 Å². The molecular formula is C17H14ClNO2. The Kier molecular flexibility index (Phi) is 3.43. The SMILES string of the molecule is COc1ccc(/C=C2/C(=O)Nc3cc(Cl)ccc32)cc1C. The van der Waals surface area contributed by atoms with Crippen molar-refractivity contribution in [1.29, 1.82) is 0 Å². The van der Waals surface area contributed by atoms with Crippen molar-refractivity contribution in [3.8, 4) is 5.75 Å². The number of amides is 1. The second-order valence-electron chi connectivity index (χ2n) is 4.93. The lowest BCUT2D eigenvalue weighted by Crippen LogP contribution is -2.03. The molecule has 1 N–H and O–H groups in total. The molecule has 0 atom stereocenters. The third-order valence-corrected chi connectivity index (χ3v) is 3.73. The minimum atomic E-state index is -0.110. The van der Waals surface area contributed by atoms with E-state index in [2.05, 4.69) is 5.32 Å². The van der Waals surface area contributed by atoms with Crippen LogP contribution in [0.5, 0.6) is 5.75 Å². The van der Waals surface area contributed by atoms with E-state index >= 15 is 0 Å². The molecule has 1 aliphatic heterocycles. The zero-order valence-corrected chi connectivity index (χ0v) is 12.5. The van der Waals surface area contributed by atoms with Crippen LogP contribution in [0.15, 0.2) is 36.4 Å². The molecule has 0 saturated carbocycles. The molecule has 21 heavy (non-hydrogen) atoms. The van der Waals surface area contributed by atoms with E-state index in [1.807, 2.05) is 37.3 Å². The van der Waals surface area contributed by atoms with Gasteiger partial charge >= 0.3 is 0 Å². The van der Waals surface area contributed by atoms with Crippen LogP contribution in [-0.2, 0) is 4.79 Å². The molecule has 1 heterocycles. The van der Waals surface area contributed by atoms with Crippen molar-refractivity contribution < 1.29 is 9.53 Å². The Hall–Kier alpha value is -2.26. The van der Waals surface area contributed by atoms with Crippen molar-refractivity contribution in [3.05, 3.63) is 58.1 Å². The van der Waals surface area contributed by atoms with Crippen molar-refractivity contribution in [1.82, 2.24) is 0 Å². The van der Waals surface area contributed by atoms with Gasteiger partial charge in [0, 0.05) is 16.2 Å². The fourth-order valence-corrected chi connectivity index (χ4v) is 2.64. The van der Waals surface area contributed by atoms with E-state index in [1.54, 1.807) is 19.2 Å². The fourth-order valence-electron chi connectivity index (χ4n) is 2.47. The van der Waals surface area contributed by atoms with Crippen LogP contribution < -0.4 is 10.1 Å². The van der Waals surface area contributed by atoms with Gasteiger partial charge in [0.1, 0.15) is 5.75 Å². The van der Waals surface area contributed by atoms with Gasteiger partial charge in [-0.15, -0.1) is 0 Å². The average Bonchev–Trinajstić information content (AvgIpc) is 2.74. The lowest BCUT2D eigenvalue weighted by atomic mass is 10.0. The van der Waals surface area contributed by atoms with Crippen molar-refractivity contribution in [2.24, 2.45) is 0 Å².